The first-order chi connectivity index (χ1) is 14.7. The smallest absolute Gasteiger partial charge is 0.254 e. The zero-order valence-electron chi connectivity index (χ0n) is 17.9. The van der Waals surface area contributed by atoms with Crippen LogP contribution in [0.2, 0.25) is 0 Å². The van der Waals surface area contributed by atoms with Crippen LogP contribution in [0.15, 0.2) is 65.6 Å². The van der Waals surface area contributed by atoms with E-state index < -0.39 is 10.0 Å². The summed E-state index contributed by atoms with van der Waals surface area (Å²) in [6.07, 6.45) is 0. The number of anilines is 1. The van der Waals surface area contributed by atoms with E-state index >= 15 is 0 Å². The Morgan fingerprint density at radius 3 is 2.32 bits per heavy atom. The molecule has 0 spiro atoms. The van der Waals surface area contributed by atoms with Gasteiger partial charge >= 0.3 is 0 Å². The lowest BCUT2D eigenvalue weighted by atomic mass is 10.2. The van der Waals surface area contributed by atoms with Crippen LogP contribution in [0.5, 0.6) is 0 Å². The Hall–Kier alpha value is -2.71. The molecule has 0 aromatic heterocycles. The quantitative estimate of drug-likeness (QED) is 0.613. The summed E-state index contributed by atoms with van der Waals surface area (Å²) in [7, 11) is -3.73. The number of hydrogen-bond donors (Lipinski definition) is 0. The summed E-state index contributed by atoms with van der Waals surface area (Å²) in [5, 5.41) is 0. The second kappa shape index (κ2) is 9.62. The molecule has 1 aliphatic heterocycles. The maximum Gasteiger partial charge on any atom is 0.254 e. The predicted octanol–water partition coefficient (Wildman–Crippen LogP) is 3.37. The second-order valence-electron chi connectivity index (χ2n) is 7.67. The van der Waals surface area contributed by atoms with Crippen molar-refractivity contribution in [2.75, 3.05) is 44.2 Å². The number of rotatable bonds is 7. The lowest BCUT2D eigenvalue weighted by molar-refractivity contribution is 0.0778. The van der Waals surface area contributed by atoms with Crippen molar-refractivity contribution in [2.24, 2.45) is 0 Å². The van der Waals surface area contributed by atoms with Crippen LogP contribution < -0.4 is 4.90 Å². The third kappa shape index (κ3) is 5.32. The highest BCUT2D eigenvalue weighted by molar-refractivity contribution is 7.89. The van der Waals surface area contributed by atoms with Crippen molar-refractivity contribution in [2.45, 2.75) is 18.7 Å². The minimum Gasteiger partial charge on any atom is -0.369 e. The summed E-state index contributed by atoms with van der Waals surface area (Å²) in [5.41, 5.74) is 2.07. The van der Waals surface area contributed by atoms with E-state index in [1.54, 1.807) is 29.2 Å². The van der Waals surface area contributed by atoms with Crippen LogP contribution in [0, 0.1) is 5.82 Å². The molecule has 0 radical (unpaired) electrons. The highest BCUT2D eigenvalue weighted by Crippen LogP contribution is 2.22. The SMILES string of the molecule is C=C(C)CN(CC)C(=O)c1cccc(S(=O)(=O)N2CCN(c3ccc(F)cc3)CC2)c1. The first kappa shape index (κ1) is 23.0. The molecule has 2 aromatic rings. The number of hydrogen-bond acceptors (Lipinski definition) is 4. The summed E-state index contributed by atoms with van der Waals surface area (Å²) in [5.74, 6) is -0.520. The van der Waals surface area contributed by atoms with Gasteiger partial charge in [-0.3, -0.25) is 4.79 Å². The Labute approximate surface area is 183 Å². The van der Waals surface area contributed by atoms with E-state index in [1.807, 2.05) is 18.7 Å². The molecular weight excluding hydrogens is 417 g/mol. The Balaban J connectivity index is 1.74. The average Bonchev–Trinajstić information content (AvgIpc) is 2.77. The molecule has 0 atom stereocenters. The lowest BCUT2D eigenvalue weighted by Crippen LogP contribution is -2.48. The summed E-state index contributed by atoms with van der Waals surface area (Å²) < 4.78 is 41.0. The Morgan fingerprint density at radius 2 is 1.74 bits per heavy atom. The van der Waals surface area contributed by atoms with E-state index in [9.17, 15) is 17.6 Å². The third-order valence-electron chi connectivity index (χ3n) is 5.28. The average molecular weight is 446 g/mol. The molecule has 0 N–H and O–H groups in total. The van der Waals surface area contributed by atoms with Crippen molar-refractivity contribution in [3.63, 3.8) is 0 Å². The molecule has 166 valence electrons. The zero-order chi connectivity index (χ0) is 22.6. The summed E-state index contributed by atoms with van der Waals surface area (Å²) in [4.78, 5) is 16.6. The minimum absolute atomic E-state index is 0.111. The molecule has 6 nitrogen and oxygen atoms in total. The molecule has 31 heavy (non-hydrogen) atoms. The molecule has 2 aromatic carbocycles. The summed E-state index contributed by atoms with van der Waals surface area (Å²) in [6, 6.07) is 12.4. The van der Waals surface area contributed by atoms with E-state index in [-0.39, 0.29) is 16.6 Å². The number of carbonyl (C=O) groups is 1. The molecule has 0 bridgehead atoms. The molecule has 1 saturated heterocycles. The number of amides is 1. The molecule has 0 unspecified atom stereocenters. The number of nitrogens with zero attached hydrogens (tertiary/aromatic N) is 3. The van der Waals surface area contributed by atoms with E-state index in [2.05, 4.69) is 6.58 Å². The van der Waals surface area contributed by atoms with Gasteiger partial charge in [-0.25, -0.2) is 12.8 Å². The van der Waals surface area contributed by atoms with Gasteiger partial charge < -0.3 is 9.80 Å². The van der Waals surface area contributed by atoms with Gasteiger partial charge in [-0.1, -0.05) is 18.2 Å². The molecule has 1 amide bonds. The molecule has 1 fully saturated rings. The van der Waals surface area contributed by atoms with Gasteiger partial charge in [-0.15, -0.1) is 0 Å². The van der Waals surface area contributed by atoms with Crippen molar-refractivity contribution in [3.8, 4) is 0 Å². The van der Waals surface area contributed by atoms with Crippen molar-refractivity contribution < 1.29 is 17.6 Å². The highest BCUT2D eigenvalue weighted by atomic mass is 32.2. The largest absolute Gasteiger partial charge is 0.369 e. The van der Waals surface area contributed by atoms with Gasteiger partial charge in [-0.2, -0.15) is 4.31 Å². The predicted molar refractivity (Wildman–Crippen MR) is 120 cm³/mol. The van der Waals surface area contributed by atoms with Crippen LogP contribution in [-0.4, -0.2) is 62.8 Å². The molecule has 3 rings (SSSR count). The van der Waals surface area contributed by atoms with E-state index in [1.165, 1.54) is 28.6 Å². The van der Waals surface area contributed by atoms with Gasteiger partial charge in [0.15, 0.2) is 0 Å². The molecule has 1 heterocycles. The highest BCUT2D eigenvalue weighted by Gasteiger charge is 2.29. The van der Waals surface area contributed by atoms with Gasteiger partial charge in [0.05, 0.1) is 4.90 Å². The molecular formula is C23H28FN3O3S. The van der Waals surface area contributed by atoms with Crippen LogP contribution in [-0.2, 0) is 10.0 Å². The maximum atomic E-state index is 13.2. The molecule has 8 heteroatoms. The van der Waals surface area contributed by atoms with Crippen LogP contribution >= 0.6 is 0 Å². The number of likely N-dealkylation sites (N-methyl/N-ethyl adjacent to an activating group) is 1. The second-order valence-corrected chi connectivity index (χ2v) is 9.61. The Bertz CT molecular complexity index is 1050. The number of halogens is 1. The van der Waals surface area contributed by atoms with Crippen LogP contribution in [0.1, 0.15) is 24.2 Å². The van der Waals surface area contributed by atoms with E-state index in [0.717, 1.165) is 11.3 Å². The van der Waals surface area contributed by atoms with Crippen molar-refractivity contribution >= 4 is 21.6 Å². The van der Waals surface area contributed by atoms with Crippen LogP contribution in [0.3, 0.4) is 0 Å². The maximum absolute atomic E-state index is 13.2. The molecule has 0 aliphatic carbocycles. The van der Waals surface area contributed by atoms with E-state index in [4.69, 9.17) is 0 Å². The summed E-state index contributed by atoms with van der Waals surface area (Å²) in [6.45, 7) is 10.2. The third-order valence-corrected chi connectivity index (χ3v) is 7.17. The van der Waals surface area contributed by atoms with Crippen LogP contribution in [0.25, 0.3) is 0 Å². The minimum atomic E-state index is -3.73. The Kier molecular flexibility index (Phi) is 7.12. The first-order valence-corrected chi connectivity index (χ1v) is 11.7. The number of sulfonamides is 1. The molecule has 1 aliphatic rings. The molecule has 0 saturated carbocycles. The van der Waals surface area contributed by atoms with Crippen LogP contribution in [0.4, 0.5) is 10.1 Å². The number of piperazine rings is 1. The monoisotopic (exact) mass is 445 g/mol. The van der Waals surface area contributed by atoms with Gasteiger partial charge in [-0.05, 0) is 56.3 Å². The topological polar surface area (TPSA) is 60.9 Å². The fraction of sp³-hybridized carbons (Fsp3) is 0.348. The number of benzene rings is 2. The fourth-order valence-electron chi connectivity index (χ4n) is 3.61. The van der Waals surface area contributed by atoms with Gasteiger partial charge in [0.25, 0.3) is 5.91 Å². The number of carbonyl (C=O) groups excluding carboxylic acids is 1. The Morgan fingerprint density at radius 1 is 1.10 bits per heavy atom. The standard InChI is InChI=1S/C23H28FN3O3S/c1-4-25(17-18(2)3)23(28)19-6-5-7-22(16-19)31(29,30)27-14-12-26(13-15-27)21-10-8-20(24)9-11-21/h5-11,16H,2,4,12-15,17H2,1,3H3. The lowest BCUT2D eigenvalue weighted by Gasteiger charge is -2.35. The summed E-state index contributed by atoms with van der Waals surface area (Å²) >= 11 is 0. The zero-order valence-corrected chi connectivity index (χ0v) is 18.7. The normalized spacial score (nSPS) is 15.0. The first-order valence-electron chi connectivity index (χ1n) is 10.3. The van der Waals surface area contributed by atoms with Gasteiger partial charge in [0.2, 0.25) is 10.0 Å². The van der Waals surface area contributed by atoms with Crippen molar-refractivity contribution in [1.82, 2.24) is 9.21 Å². The van der Waals surface area contributed by atoms with Gasteiger partial charge in [0.1, 0.15) is 5.82 Å². The van der Waals surface area contributed by atoms with Crippen molar-refractivity contribution in [3.05, 3.63) is 72.1 Å². The van der Waals surface area contributed by atoms with Crippen molar-refractivity contribution in [1.29, 1.82) is 0 Å². The van der Waals surface area contributed by atoms with Gasteiger partial charge in [0, 0.05) is 50.5 Å². The fourth-order valence-corrected chi connectivity index (χ4v) is 5.08. The van der Waals surface area contributed by atoms with E-state index in [0.29, 0.717) is 44.8 Å².